The molecule has 34 heavy (non-hydrogen) atoms. The minimum absolute atomic E-state index is 0.0252. The third-order valence-corrected chi connectivity index (χ3v) is 6.99. The fraction of sp³-hybridized carbons (Fsp3) is 0.630. The zero-order valence-electron chi connectivity index (χ0n) is 20.6. The topological polar surface area (TPSA) is 99.9 Å². The molecule has 1 aromatic heterocycles. The van der Waals surface area contributed by atoms with Crippen LogP contribution in [0.25, 0.3) is 0 Å². The van der Waals surface area contributed by atoms with Gasteiger partial charge in [0, 0.05) is 18.2 Å². The molecule has 190 valence electrons. The minimum Gasteiger partial charge on any atom is -0.479 e. The zero-order chi connectivity index (χ0) is 25.1. The van der Waals surface area contributed by atoms with Gasteiger partial charge in [0.1, 0.15) is 6.10 Å². The summed E-state index contributed by atoms with van der Waals surface area (Å²) in [4.78, 5) is 15.0. The summed E-state index contributed by atoms with van der Waals surface area (Å²) >= 11 is 5.94. The van der Waals surface area contributed by atoms with E-state index in [4.69, 9.17) is 21.4 Å². The average Bonchev–Trinajstić information content (AvgIpc) is 3.18. The number of unbranched alkanes of at least 4 members (excludes halogenated alkanes) is 1. The molecule has 0 amide bonds. The highest BCUT2D eigenvalue weighted by atomic mass is 35.5. The summed E-state index contributed by atoms with van der Waals surface area (Å²) < 4.78 is 6.21. The lowest BCUT2D eigenvalue weighted by molar-refractivity contribution is -0.146. The first kappa shape index (κ1) is 28.3. The van der Waals surface area contributed by atoms with E-state index in [2.05, 4.69) is 31.8 Å². The second-order valence-electron chi connectivity index (χ2n) is 9.94. The summed E-state index contributed by atoms with van der Waals surface area (Å²) in [6.45, 7) is 6.37. The first-order chi connectivity index (χ1) is 16.1. The largest absolute Gasteiger partial charge is 0.479 e. The fourth-order valence-corrected chi connectivity index (χ4v) is 4.51. The smallest absolute Gasteiger partial charge is 0.332 e. The number of nitrogens with zero attached hydrogens (tertiary/aromatic N) is 1. The molecule has 2 rings (SSSR count). The maximum absolute atomic E-state index is 10.8. The summed E-state index contributed by atoms with van der Waals surface area (Å²) in [5.41, 5.74) is -0.172. The number of hydrogen-bond acceptors (Lipinski definition) is 5. The Bertz CT molecular complexity index is 808. The maximum atomic E-state index is 10.8. The molecule has 5 atom stereocenters. The number of halogens is 1. The van der Waals surface area contributed by atoms with Crippen LogP contribution in [0.2, 0.25) is 5.02 Å². The van der Waals surface area contributed by atoms with Gasteiger partial charge in [0.2, 0.25) is 5.88 Å². The number of allylic oxidation sites excluding steroid dienone is 3. The lowest BCUT2D eigenvalue weighted by Gasteiger charge is -2.29. The van der Waals surface area contributed by atoms with Gasteiger partial charge in [-0.2, -0.15) is 0 Å². The lowest BCUT2D eigenvalue weighted by atomic mass is 9.80. The summed E-state index contributed by atoms with van der Waals surface area (Å²) in [5, 5.41) is 29.6. The Hall–Kier alpha value is -1.89. The fourth-order valence-electron chi connectivity index (χ4n) is 4.40. The van der Waals surface area contributed by atoms with Crippen LogP contribution in [0.3, 0.4) is 0 Å². The Balaban J connectivity index is 2.06. The van der Waals surface area contributed by atoms with E-state index in [0.29, 0.717) is 17.3 Å². The Morgan fingerprint density at radius 2 is 2.06 bits per heavy atom. The number of aliphatic carboxylic acids is 1. The third-order valence-electron chi connectivity index (χ3n) is 6.77. The molecule has 3 N–H and O–H groups in total. The van der Waals surface area contributed by atoms with Gasteiger partial charge in [-0.15, -0.1) is 0 Å². The molecule has 1 aromatic rings. The number of ether oxygens (including phenoxy) is 1. The summed E-state index contributed by atoms with van der Waals surface area (Å²) in [6.07, 6.45) is 14.2. The van der Waals surface area contributed by atoms with Crippen molar-refractivity contribution in [3.05, 3.63) is 47.7 Å². The van der Waals surface area contributed by atoms with E-state index in [1.807, 2.05) is 18.2 Å². The normalized spacial score (nSPS) is 22.9. The predicted octanol–water partition coefficient (Wildman–Crippen LogP) is 5.81. The van der Waals surface area contributed by atoms with Crippen molar-refractivity contribution < 1.29 is 24.9 Å². The van der Waals surface area contributed by atoms with E-state index in [9.17, 15) is 15.0 Å². The van der Waals surface area contributed by atoms with Gasteiger partial charge in [0.25, 0.3) is 0 Å². The molecular formula is C27H40ClNO5. The number of carboxylic acids is 1. The highest BCUT2D eigenvalue weighted by Gasteiger charge is 2.36. The number of pyridine rings is 1. The highest BCUT2D eigenvalue weighted by molar-refractivity contribution is 6.30. The molecule has 2 unspecified atom stereocenters. The highest BCUT2D eigenvalue weighted by Crippen LogP contribution is 2.39. The van der Waals surface area contributed by atoms with Crippen LogP contribution in [-0.2, 0) is 4.79 Å². The Labute approximate surface area is 208 Å². The molecule has 1 heterocycles. The number of rotatable bonds is 14. The van der Waals surface area contributed by atoms with Crippen LogP contribution in [0.4, 0.5) is 0 Å². The molecule has 0 saturated heterocycles. The van der Waals surface area contributed by atoms with Crippen molar-refractivity contribution in [3.63, 3.8) is 0 Å². The van der Waals surface area contributed by atoms with E-state index < -0.39 is 18.2 Å². The van der Waals surface area contributed by atoms with Gasteiger partial charge < -0.3 is 20.1 Å². The number of carbonyl (C=O) groups is 1. The number of aliphatic hydroxyl groups excluding tert-OH is 2. The molecule has 0 bridgehead atoms. The minimum atomic E-state index is -1.34. The molecule has 1 aliphatic carbocycles. The summed E-state index contributed by atoms with van der Waals surface area (Å²) in [6, 6.07) is 3.53. The van der Waals surface area contributed by atoms with Crippen LogP contribution in [0.5, 0.6) is 5.88 Å². The van der Waals surface area contributed by atoms with Crippen LogP contribution in [0, 0.1) is 17.3 Å². The number of aliphatic hydroxyl groups is 2. The third kappa shape index (κ3) is 9.05. The van der Waals surface area contributed by atoms with Crippen LogP contribution in [-0.4, -0.2) is 44.6 Å². The van der Waals surface area contributed by atoms with Crippen LogP contribution in [0.15, 0.2) is 42.6 Å². The van der Waals surface area contributed by atoms with Gasteiger partial charge in [0.05, 0.1) is 11.1 Å². The van der Waals surface area contributed by atoms with Crippen molar-refractivity contribution >= 4 is 17.6 Å². The van der Waals surface area contributed by atoms with E-state index >= 15 is 0 Å². The first-order valence-electron chi connectivity index (χ1n) is 12.3. The molecule has 0 spiro atoms. The SMILES string of the molecule is CCCCC(C)(C)C(O)C=C[C@H]1CC[C@@H](Oc2ccc(Cl)cn2)[C@@H]1CC=CCCC(O)C(=O)O. The Morgan fingerprint density at radius 3 is 2.71 bits per heavy atom. The molecule has 0 aromatic carbocycles. The van der Waals surface area contributed by atoms with Crippen molar-refractivity contribution in [2.75, 3.05) is 0 Å². The van der Waals surface area contributed by atoms with Crippen molar-refractivity contribution in [1.82, 2.24) is 4.98 Å². The lowest BCUT2D eigenvalue weighted by Crippen LogP contribution is -2.28. The van der Waals surface area contributed by atoms with Crippen LogP contribution >= 0.6 is 11.6 Å². The van der Waals surface area contributed by atoms with Crippen LogP contribution < -0.4 is 4.74 Å². The molecule has 6 nitrogen and oxygen atoms in total. The summed E-state index contributed by atoms with van der Waals surface area (Å²) in [5.74, 6) is -0.208. The molecule has 1 aliphatic rings. The van der Waals surface area contributed by atoms with E-state index in [-0.39, 0.29) is 29.8 Å². The number of aromatic nitrogens is 1. The van der Waals surface area contributed by atoms with E-state index in [0.717, 1.165) is 38.5 Å². The molecular weight excluding hydrogens is 454 g/mol. The molecule has 0 aliphatic heterocycles. The quantitative estimate of drug-likeness (QED) is 0.282. The maximum Gasteiger partial charge on any atom is 0.332 e. The van der Waals surface area contributed by atoms with Gasteiger partial charge in [-0.1, -0.05) is 69.5 Å². The standard InChI is InChI=1S/C27H40ClNO5/c1-4-5-17-27(2,3)24(31)15-12-19-11-14-23(34-25-16-13-20(28)18-29-25)21(19)9-7-6-8-10-22(30)26(32)33/h6-7,12-13,15-16,18-19,21-24,30-31H,4-5,8-11,14,17H2,1-3H3,(H,32,33)/t19-,21-,22?,23-,24?/m1/s1. The number of hydrogen-bond donors (Lipinski definition) is 3. The van der Waals surface area contributed by atoms with Gasteiger partial charge >= 0.3 is 5.97 Å². The Kier molecular flexibility index (Phi) is 11.6. The van der Waals surface area contributed by atoms with Gasteiger partial charge in [-0.25, -0.2) is 9.78 Å². The van der Waals surface area contributed by atoms with Crippen LogP contribution in [0.1, 0.15) is 72.1 Å². The zero-order valence-corrected chi connectivity index (χ0v) is 21.3. The molecule has 1 saturated carbocycles. The molecule has 1 fully saturated rings. The van der Waals surface area contributed by atoms with Crippen molar-refractivity contribution in [3.8, 4) is 5.88 Å². The van der Waals surface area contributed by atoms with Gasteiger partial charge in [0.15, 0.2) is 6.10 Å². The van der Waals surface area contributed by atoms with E-state index in [1.54, 1.807) is 18.3 Å². The molecule has 0 radical (unpaired) electrons. The predicted molar refractivity (Wildman–Crippen MR) is 135 cm³/mol. The second kappa shape index (κ2) is 13.9. The first-order valence-corrected chi connectivity index (χ1v) is 12.7. The van der Waals surface area contributed by atoms with Crippen molar-refractivity contribution in [2.45, 2.75) is 90.4 Å². The monoisotopic (exact) mass is 493 g/mol. The van der Waals surface area contributed by atoms with Crippen molar-refractivity contribution in [2.24, 2.45) is 17.3 Å². The van der Waals surface area contributed by atoms with E-state index in [1.165, 1.54) is 0 Å². The van der Waals surface area contributed by atoms with Gasteiger partial charge in [-0.05, 0) is 55.9 Å². The second-order valence-corrected chi connectivity index (χ2v) is 10.4. The number of carboxylic acid groups (broad SMARTS) is 1. The van der Waals surface area contributed by atoms with Crippen molar-refractivity contribution in [1.29, 1.82) is 0 Å². The Morgan fingerprint density at radius 1 is 1.29 bits per heavy atom. The molecule has 7 heteroatoms. The van der Waals surface area contributed by atoms with Gasteiger partial charge in [-0.3, -0.25) is 0 Å². The summed E-state index contributed by atoms with van der Waals surface area (Å²) in [7, 11) is 0. The average molecular weight is 494 g/mol.